The fourth-order valence-electron chi connectivity index (χ4n) is 2.69. The Balaban J connectivity index is 2.20. The molecule has 108 valence electrons. The first-order chi connectivity index (χ1) is 9.52. The Labute approximate surface area is 126 Å². The lowest BCUT2D eigenvalue weighted by atomic mass is 10.0. The Morgan fingerprint density at radius 1 is 1.20 bits per heavy atom. The molecule has 2 nitrogen and oxygen atoms in total. The number of hydrogen-bond acceptors (Lipinski definition) is 3. The molecule has 2 rings (SSSR count). The number of nitrogens with zero attached hydrogens (tertiary/aromatic N) is 1. The molecule has 2 aromatic rings. The number of rotatable bonds is 5. The quantitative estimate of drug-likeness (QED) is 0.906. The van der Waals surface area contributed by atoms with Crippen LogP contribution in [-0.4, -0.2) is 18.5 Å². The number of nitrogens with two attached hydrogens (primary N) is 1. The zero-order valence-electron chi connectivity index (χ0n) is 12.8. The lowest BCUT2D eigenvalue weighted by Gasteiger charge is -2.28. The molecule has 1 aromatic heterocycles. The van der Waals surface area contributed by atoms with E-state index in [0.717, 1.165) is 6.54 Å². The zero-order chi connectivity index (χ0) is 14.7. The van der Waals surface area contributed by atoms with Gasteiger partial charge < -0.3 is 5.73 Å². The second kappa shape index (κ2) is 6.53. The minimum Gasteiger partial charge on any atom is -0.329 e. The third-order valence-electron chi connectivity index (χ3n) is 3.87. The van der Waals surface area contributed by atoms with Crippen LogP contribution in [0.5, 0.6) is 0 Å². The van der Waals surface area contributed by atoms with Crippen LogP contribution in [0, 0.1) is 20.8 Å². The standard InChI is InChI=1S/C17H24N2S/c1-12-7-5-6-8-15(12)11-19(4)17(10-18)16-9-13(2)20-14(16)3/h5-9,17H,10-11,18H2,1-4H3. The smallest absolute Gasteiger partial charge is 0.0481 e. The van der Waals surface area contributed by atoms with Crippen molar-refractivity contribution in [3.05, 3.63) is 56.8 Å². The van der Waals surface area contributed by atoms with Gasteiger partial charge in [-0.1, -0.05) is 24.3 Å². The molecule has 1 atom stereocenters. The van der Waals surface area contributed by atoms with Crippen LogP contribution < -0.4 is 5.73 Å². The van der Waals surface area contributed by atoms with Gasteiger partial charge in [-0.2, -0.15) is 0 Å². The van der Waals surface area contributed by atoms with E-state index in [-0.39, 0.29) is 0 Å². The Bertz CT molecular complexity index is 574. The predicted molar refractivity (Wildman–Crippen MR) is 88.2 cm³/mol. The average Bonchev–Trinajstić information content (AvgIpc) is 2.72. The summed E-state index contributed by atoms with van der Waals surface area (Å²) in [6.07, 6.45) is 0. The van der Waals surface area contributed by atoms with Crippen molar-refractivity contribution < 1.29 is 0 Å². The second-order valence-electron chi connectivity index (χ2n) is 5.46. The van der Waals surface area contributed by atoms with Crippen molar-refractivity contribution in [2.45, 2.75) is 33.4 Å². The summed E-state index contributed by atoms with van der Waals surface area (Å²) in [6, 6.07) is 11.1. The molecule has 1 heterocycles. The van der Waals surface area contributed by atoms with Gasteiger partial charge in [0.25, 0.3) is 0 Å². The maximum absolute atomic E-state index is 6.04. The molecule has 0 aliphatic rings. The normalized spacial score (nSPS) is 12.9. The Morgan fingerprint density at radius 3 is 2.45 bits per heavy atom. The van der Waals surface area contributed by atoms with E-state index >= 15 is 0 Å². The highest BCUT2D eigenvalue weighted by Crippen LogP contribution is 2.30. The summed E-state index contributed by atoms with van der Waals surface area (Å²) in [5.41, 5.74) is 10.1. The molecule has 1 unspecified atom stereocenters. The van der Waals surface area contributed by atoms with Crippen LogP contribution in [0.2, 0.25) is 0 Å². The Morgan fingerprint density at radius 2 is 1.90 bits per heavy atom. The van der Waals surface area contributed by atoms with E-state index in [1.165, 1.54) is 26.4 Å². The lowest BCUT2D eigenvalue weighted by Crippen LogP contribution is -2.30. The van der Waals surface area contributed by atoms with E-state index in [2.05, 4.69) is 63.1 Å². The van der Waals surface area contributed by atoms with Crippen LogP contribution in [0.3, 0.4) is 0 Å². The summed E-state index contributed by atoms with van der Waals surface area (Å²) in [7, 11) is 2.16. The van der Waals surface area contributed by atoms with Gasteiger partial charge >= 0.3 is 0 Å². The summed E-state index contributed by atoms with van der Waals surface area (Å²) in [5, 5.41) is 0. The summed E-state index contributed by atoms with van der Waals surface area (Å²) < 4.78 is 0. The Kier molecular flexibility index (Phi) is 4.97. The van der Waals surface area contributed by atoms with Gasteiger partial charge in [-0.3, -0.25) is 4.90 Å². The molecule has 0 amide bonds. The summed E-state index contributed by atoms with van der Waals surface area (Å²) in [4.78, 5) is 5.10. The topological polar surface area (TPSA) is 29.3 Å². The molecule has 0 aliphatic heterocycles. The monoisotopic (exact) mass is 288 g/mol. The van der Waals surface area contributed by atoms with Crippen molar-refractivity contribution in [2.24, 2.45) is 5.73 Å². The minimum absolute atomic E-state index is 0.291. The molecule has 20 heavy (non-hydrogen) atoms. The van der Waals surface area contributed by atoms with E-state index in [0.29, 0.717) is 12.6 Å². The van der Waals surface area contributed by atoms with E-state index in [4.69, 9.17) is 5.73 Å². The number of thiophene rings is 1. The van der Waals surface area contributed by atoms with Crippen LogP contribution in [0.25, 0.3) is 0 Å². The van der Waals surface area contributed by atoms with Gasteiger partial charge in [0.05, 0.1) is 0 Å². The number of aryl methyl sites for hydroxylation is 3. The fraction of sp³-hybridized carbons (Fsp3) is 0.412. The van der Waals surface area contributed by atoms with Crippen LogP contribution in [-0.2, 0) is 6.54 Å². The molecule has 0 saturated heterocycles. The first kappa shape index (κ1) is 15.2. The second-order valence-corrected chi connectivity index (χ2v) is 6.92. The first-order valence-corrected chi connectivity index (χ1v) is 7.86. The van der Waals surface area contributed by atoms with Gasteiger partial charge in [-0.25, -0.2) is 0 Å². The number of likely N-dealkylation sites (N-methyl/N-ethyl adjacent to an activating group) is 1. The highest BCUT2D eigenvalue weighted by molar-refractivity contribution is 7.12. The van der Waals surface area contributed by atoms with Gasteiger partial charge in [0.15, 0.2) is 0 Å². The molecule has 0 spiro atoms. The van der Waals surface area contributed by atoms with Gasteiger partial charge in [0.1, 0.15) is 0 Å². The molecular formula is C17H24N2S. The van der Waals surface area contributed by atoms with Crippen molar-refractivity contribution >= 4 is 11.3 Å². The van der Waals surface area contributed by atoms with Crippen LogP contribution in [0.1, 0.15) is 32.5 Å². The number of hydrogen-bond donors (Lipinski definition) is 1. The fourth-order valence-corrected chi connectivity index (χ4v) is 3.67. The average molecular weight is 288 g/mol. The third-order valence-corrected chi connectivity index (χ3v) is 4.86. The summed E-state index contributed by atoms with van der Waals surface area (Å²) in [6.45, 7) is 8.11. The van der Waals surface area contributed by atoms with Gasteiger partial charge in [0.2, 0.25) is 0 Å². The van der Waals surface area contributed by atoms with Gasteiger partial charge in [0, 0.05) is 28.9 Å². The maximum atomic E-state index is 6.04. The first-order valence-electron chi connectivity index (χ1n) is 7.04. The van der Waals surface area contributed by atoms with Crippen molar-refractivity contribution in [1.29, 1.82) is 0 Å². The summed E-state index contributed by atoms with van der Waals surface area (Å²) in [5.74, 6) is 0. The van der Waals surface area contributed by atoms with Gasteiger partial charge in [-0.05, 0) is 50.6 Å². The van der Waals surface area contributed by atoms with Crippen molar-refractivity contribution in [1.82, 2.24) is 4.90 Å². The predicted octanol–water partition coefficient (Wildman–Crippen LogP) is 3.81. The SMILES string of the molecule is Cc1cc(C(CN)N(C)Cc2ccccc2C)c(C)s1. The Hall–Kier alpha value is -1.16. The molecule has 0 saturated carbocycles. The molecule has 0 bridgehead atoms. The van der Waals surface area contributed by atoms with Crippen LogP contribution in [0.4, 0.5) is 0 Å². The maximum Gasteiger partial charge on any atom is 0.0481 e. The van der Waals surface area contributed by atoms with E-state index in [1.807, 2.05) is 11.3 Å². The van der Waals surface area contributed by atoms with Crippen LogP contribution in [0.15, 0.2) is 30.3 Å². The molecule has 3 heteroatoms. The van der Waals surface area contributed by atoms with E-state index in [9.17, 15) is 0 Å². The zero-order valence-corrected chi connectivity index (χ0v) is 13.6. The third kappa shape index (κ3) is 3.29. The molecule has 0 aliphatic carbocycles. The van der Waals surface area contributed by atoms with Crippen molar-refractivity contribution in [3.63, 3.8) is 0 Å². The van der Waals surface area contributed by atoms with Gasteiger partial charge in [-0.15, -0.1) is 11.3 Å². The molecule has 1 aromatic carbocycles. The highest BCUT2D eigenvalue weighted by atomic mass is 32.1. The van der Waals surface area contributed by atoms with Crippen molar-refractivity contribution in [2.75, 3.05) is 13.6 Å². The molecular weight excluding hydrogens is 264 g/mol. The minimum atomic E-state index is 0.291. The lowest BCUT2D eigenvalue weighted by molar-refractivity contribution is 0.241. The van der Waals surface area contributed by atoms with Crippen LogP contribution >= 0.6 is 11.3 Å². The molecule has 0 radical (unpaired) electrons. The molecule has 2 N–H and O–H groups in total. The largest absolute Gasteiger partial charge is 0.329 e. The number of benzene rings is 1. The van der Waals surface area contributed by atoms with E-state index < -0.39 is 0 Å². The summed E-state index contributed by atoms with van der Waals surface area (Å²) >= 11 is 1.86. The molecule has 0 fully saturated rings. The highest BCUT2D eigenvalue weighted by Gasteiger charge is 2.19. The van der Waals surface area contributed by atoms with Crippen molar-refractivity contribution in [3.8, 4) is 0 Å². The van der Waals surface area contributed by atoms with E-state index in [1.54, 1.807) is 0 Å².